The summed E-state index contributed by atoms with van der Waals surface area (Å²) in [4.78, 5) is 9.85. The molecule has 0 spiro atoms. The number of pyridine rings is 1. The van der Waals surface area contributed by atoms with Crippen molar-refractivity contribution in [2.75, 3.05) is 9.80 Å². The molecule has 2 heterocycles. The molecule has 10 aromatic carbocycles. The Hall–Kier alpha value is -9.25. The molecule has 0 saturated heterocycles. The minimum Gasteiger partial charge on any atom is -0.310 e. The van der Waals surface area contributed by atoms with Crippen molar-refractivity contribution in [1.29, 1.82) is 0 Å². The lowest BCUT2D eigenvalue weighted by Crippen LogP contribution is -2.09. The summed E-state index contributed by atoms with van der Waals surface area (Å²) in [5.74, 6) is 0. The van der Waals surface area contributed by atoms with E-state index in [1.807, 2.05) is 6.07 Å². The molecule has 0 unspecified atom stereocenters. The lowest BCUT2D eigenvalue weighted by Gasteiger charge is -2.26. The summed E-state index contributed by atoms with van der Waals surface area (Å²) in [7, 11) is 0. The van der Waals surface area contributed by atoms with Crippen molar-refractivity contribution in [1.82, 2.24) is 9.55 Å². The molecule has 0 atom stereocenters. The number of para-hydroxylation sites is 4. The van der Waals surface area contributed by atoms with Gasteiger partial charge in [-0.25, -0.2) is 4.98 Å². The molecule has 0 saturated carbocycles. The van der Waals surface area contributed by atoms with Gasteiger partial charge in [-0.3, -0.25) is 0 Å². The van der Waals surface area contributed by atoms with Crippen LogP contribution in [0, 0.1) is 0 Å². The molecular weight excluding hydrogens is 837 g/mol. The summed E-state index contributed by atoms with van der Waals surface area (Å²) in [6.45, 7) is 0. The van der Waals surface area contributed by atoms with Gasteiger partial charge in [0.25, 0.3) is 0 Å². The van der Waals surface area contributed by atoms with Crippen LogP contribution < -0.4 is 9.80 Å². The van der Waals surface area contributed by atoms with E-state index >= 15 is 0 Å². The van der Waals surface area contributed by atoms with Gasteiger partial charge in [0.2, 0.25) is 0 Å². The highest BCUT2D eigenvalue weighted by atomic mass is 15.1. The fourth-order valence-corrected chi connectivity index (χ4v) is 9.63. The molecule has 0 amide bonds. The van der Waals surface area contributed by atoms with Gasteiger partial charge in [0, 0.05) is 61.7 Å². The molecule has 0 fully saturated rings. The first-order chi connectivity index (χ1) is 34.2. The van der Waals surface area contributed by atoms with Gasteiger partial charge in [-0.15, -0.1) is 0 Å². The van der Waals surface area contributed by atoms with Crippen LogP contribution in [-0.4, -0.2) is 9.55 Å². The summed E-state index contributed by atoms with van der Waals surface area (Å²) in [6, 6.07) is 99.4. The van der Waals surface area contributed by atoms with Crippen molar-refractivity contribution < 1.29 is 0 Å². The molecule has 4 nitrogen and oxygen atoms in total. The molecule has 0 aliphatic carbocycles. The van der Waals surface area contributed by atoms with E-state index in [2.05, 4.69) is 287 Å². The van der Waals surface area contributed by atoms with E-state index in [-0.39, 0.29) is 0 Å². The molecule has 326 valence electrons. The van der Waals surface area contributed by atoms with E-state index < -0.39 is 0 Å². The first-order valence-electron chi connectivity index (χ1n) is 23.4. The number of anilines is 6. The van der Waals surface area contributed by atoms with Crippen LogP contribution >= 0.6 is 0 Å². The third kappa shape index (κ3) is 8.11. The first kappa shape index (κ1) is 41.2. The number of aromatic nitrogens is 2. The van der Waals surface area contributed by atoms with E-state index in [4.69, 9.17) is 4.98 Å². The van der Waals surface area contributed by atoms with Gasteiger partial charge in [0.05, 0.1) is 22.4 Å². The van der Waals surface area contributed by atoms with Crippen LogP contribution in [0.25, 0.3) is 72.3 Å². The number of rotatable bonds is 11. The number of fused-ring (bicyclic) bond motifs is 3. The molecule has 69 heavy (non-hydrogen) atoms. The van der Waals surface area contributed by atoms with Gasteiger partial charge in [-0.2, -0.15) is 0 Å². The Morgan fingerprint density at radius 2 is 0.565 bits per heavy atom. The molecule has 0 bridgehead atoms. The van der Waals surface area contributed by atoms with Gasteiger partial charge in [0.15, 0.2) is 0 Å². The zero-order valence-corrected chi connectivity index (χ0v) is 37.8. The lowest BCUT2D eigenvalue weighted by molar-refractivity contribution is 1.18. The highest BCUT2D eigenvalue weighted by Crippen LogP contribution is 2.43. The standard InChI is InChI=1S/C65H46N4/c1-7-19-47(20-8-1)52-43-62(50-21-9-2-10-22-50)66-63(44-52)51-33-31-48(32-34-51)49-35-37-57(38-36-49)69-64-41-39-58(67(53-23-11-3-12-24-53)54-25-13-4-14-26-54)45-60(64)61-46-59(40-42-65(61)69)68(55-27-15-5-16-28-55)56-29-17-6-18-30-56/h1-46H. The van der Waals surface area contributed by atoms with Gasteiger partial charge < -0.3 is 14.4 Å². The normalized spacial score (nSPS) is 11.2. The Morgan fingerprint density at radius 3 is 0.971 bits per heavy atom. The molecule has 12 aromatic rings. The van der Waals surface area contributed by atoms with Gasteiger partial charge in [-0.05, 0) is 131 Å². The minimum atomic E-state index is 0.945. The van der Waals surface area contributed by atoms with Crippen molar-refractivity contribution in [3.8, 4) is 50.5 Å². The van der Waals surface area contributed by atoms with E-state index in [1.54, 1.807) is 0 Å². The van der Waals surface area contributed by atoms with Crippen LogP contribution in [0.5, 0.6) is 0 Å². The van der Waals surface area contributed by atoms with Crippen LogP contribution in [0.1, 0.15) is 0 Å². The summed E-state index contributed by atoms with van der Waals surface area (Å²) >= 11 is 0. The quantitative estimate of drug-likeness (QED) is 0.129. The Balaban J connectivity index is 0.954. The number of hydrogen-bond acceptors (Lipinski definition) is 3. The second-order valence-electron chi connectivity index (χ2n) is 17.2. The first-order valence-corrected chi connectivity index (χ1v) is 23.4. The van der Waals surface area contributed by atoms with E-state index in [9.17, 15) is 0 Å². The van der Waals surface area contributed by atoms with Crippen LogP contribution in [-0.2, 0) is 0 Å². The van der Waals surface area contributed by atoms with E-state index in [0.29, 0.717) is 0 Å². The minimum absolute atomic E-state index is 0.945. The van der Waals surface area contributed by atoms with Gasteiger partial charge in [0.1, 0.15) is 0 Å². The van der Waals surface area contributed by atoms with Crippen molar-refractivity contribution in [3.63, 3.8) is 0 Å². The third-order valence-electron chi connectivity index (χ3n) is 12.9. The Bertz CT molecular complexity index is 3390. The smallest absolute Gasteiger partial charge is 0.0715 e. The van der Waals surface area contributed by atoms with E-state index in [0.717, 1.165) is 90.1 Å². The highest BCUT2D eigenvalue weighted by Gasteiger charge is 2.20. The number of benzene rings is 10. The zero-order valence-electron chi connectivity index (χ0n) is 37.8. The lowest BCUT2D eigenvalue weighted by atomic mass is 9.98. The van der Waals surface area contributed by atoms with Crippen LogP contribution in [0.4, 0.5) is 34.1 Å². The zero-order chi connectivity index (χ0) is 45.9. The Kier molecular flexibility index (Phi) is 10.9. The predicted molar refractivity (Wildman–Crippen MR) is 290 cm³/mol. The van der Waals surface area contributed by atoms with Crippen molar-refractivity contribution in [2.45, 2.75) is 0 Å². The largest absolute Gasteiger partial charge is 0.310 e. The molecule has 2 aromatic heterocycles. The van der Waals surface area contributed by atoms with Gasteiger partial charge >= 0.3 is 0 Å². The Morgan fingerprint density at radius 1 is 0.246 bits per heavy atom. The molecule has 0 N–H and O–H groups in total. The second kappa shape index (κ2) is 18.2. The Labute approximate surface area is 402 Å². The predicted octanol–water partition coefficient (Wildman–Crippen LogP) is 17.8. The molecular formula is C65H46N4. The van der Waals surface area contributed by atoms with Crippen LogP contribution in [0.2, 0.25) is 0 Å². The SMILES string of the molecule is c1ccc(-c2cc(-c3ccccc3)nc(-c3ccc(-c4ccc(-n5c6ccc(N(c7ccccc7)c7ccccc7)cc6c6cc(N(c7ccccc7)c7ccccc7)ccc65)cc4)cc3)c2)cc1. The highest BCUT2D eigenvalue weighted by molar-refractivity contribution is 6.12. The average molecular weight is 883 g/mol. The summed E-state index contributed by atoms with van der Waals surface area (Å²) < 4.78 is 2.41. The second-order valence-corrected chi connectivity index (χ2v) is 17.2. The third-order valence-corrected chi connectivity index (χ3v) is 12.9. The molecule has 0 aliphatic heterocycles. The topological polar surface area (TPSA) is 24.3 Å². The maximum Gasteiger partial charge on any atom is 0.0715 e. The summed E-state index contributed by atoms with van der Waals surface area (Å²) in [6.07, 6.45) is 0. The maximum atomic E-state index is 5.17. The van der Waals surface area contributed by atoms with Crippen molar-refractivity contribution in [2.24, 2.45) is 0 Å². The fourth-order valence-electron chi connectivity index (χ4n) is 9.63. The summed E-state index contributed by atoms with van der Waals surface area (Å²) in [5, 5.41) is 2.34. The summed E-state index contributed by atoms with van der Waals surface area (Å²) in [5.41, 5.74) is 18.6. The number of hydrogen-bond donors (Lipinski definition) is 0. The van der Waals surface area contributed by atoms with Crippen molar-refractivity contribution >= 4 is 55.9 Å². The number of nitrogens with zero attached hydrogens (tertiary/aromatic N) is 4. The fraction of sp³-hybridized carbons (Fsp3) is 0. The van der Waals surface area contributed by atoms with Crippen LogP contribution in [0.3, 0.4) is 0 Å². The van der Waals surface area contributed by atoms with Crippen molar-refractivity contribution in [3.05, 3.63) is 279 Å². The van der Waals surface area contributed by atoms with Crippen LogP contribution in [0.15, 0.2) is 279 Å². The monoisotopic (exact) mass is 882 g/mol. The average Bonchev–Trinajstić information content (AvgIpc) is 3.75. The molecule has 4 heteroatoms. The van der Waals surface area contributed by atoms with Gasteiger partial charge in [-0.1, -0.05) is 170 Å². The molecule has 12 rings (SSSR count). The van der Waals surface area contributed by atoms with E-state index in [1.165, 1.54) is 16.3 Å². The molecule has 0 radical (unpaired) electrons. The maximum absolute atomic E-state index is 5.17. The molecule has 0 aliphatic rings.